The Balaban J connectivity index is 1.93. The number of benzene rings is 1. The molecule has 1 aromatic heterocycles. The van der Waals surface area contributed by atoms with Gasteiger partial charge in [0.2, 0.25) is 0 Å². The fourth-order valence-electron chi connectivity index (χ4n) is 2.03. The lowest BCUT2D eigenvalue weighted by molar-refractivity contribution is 0.481. The van der Waals surface area contributed by atoms with Crippen LogP contribution in [0.1, 0.15) is 26.2 Å². The minimum Gasteiger partial charge on any atom is -0.441 e. The first-order chi connectivity index (χ1) is 10.1. The average Bonchev–Trinajstić information content (AvgIpc) is 2.86. The van der Waals surface area contributed by atoms with E-state index >= 15 is 0 Å². The van der Waals surface area contributed by atoms with Crippen molar-refractivity contribution >= 4 is 15.9 Å². The number of aryl methyl sites for hydroxylation is 1. The molecule has 0 amide bonds. The van der Waals surface area contributed by atoms with Crippen molar-refractivity contribution in [2.45, 2.75) is 26.7 Å². The van der Waals surface area contributed by atoms with E-state index in [1.807, 2.05) is 0 Å². The summed E-state index contributed by atoms with van der Waals surface area (Å²) in [6.45, 7) is 6.30. The maximum Gasteiger partial charge on any atom is 0.194 e. The fraction of sp³-hybridized carbons (Fsp3) is 0.438. The minimum atomic E-state index is -0.314. The van der Waals surface area contributed by atoms with E-state index in [9.17, 15) is 4.39 Å². The molecule has 114 valence electrons. The Morgan fingerprint density at radius 2 is 2.19 bits per heavy atom. The summed E-state index contributed by atoms with van der Waals surface area (Å²) in [6, 6.07) is 4.86. The van der Waals surface area contributed by atoms with Crippen molar-refractivity contribution in [3.63, 3.8) is 0 Å². The predicted octanol–water partition coefficient (Wildman–Crippen LogP) is 4.42. The van der Waals surface area contributed by atoms with Crippen molar-refractivity contribution in [2.75, 3.05) is 13.1 Å². The molecule has 0 unspecified atom stereocenters. The van der Waals surface area contributed by atoms with E-state index in [2.05, 4.69) is 40.1 Å². The molecule has 0 saturated carbocycles. The van der Waals surface area contributed by atoms with Crippen LogP contribution >= 0.6 is 15.9 Å². The summed E-state index contributed by atoms with van der Waals surface area (Å²) in [6.07, 6.45) is 3.28. The van der Waals surface area contributed by atoms with E-state index in [0.717, 1.165) is 25.9 Å². The molecule has 1 heterocycles. The predicted molar refractivity (Wildman–Crippen MR) is 85.6 cm³/mol. The summed E-state index contributed by atoms with van der Waals surface area (Å²) >= 11 is 3.34. The molecule has 2 aromatic rings. The van der Waals surface area contributed by atoms with Crippen LogP contribution in [-0.2, 0) is 6.42 Å². The molecule has 0 aliphatic rings. The summed E-state index contributed by atoms with van der Waals surface area (Å²) in [5.74, 6) is 1.44. The normalized spacial score (nSPS) is 11.3. The zero-order valence-electron chi connectivity index (χ0n) is 12.3. The van der Waals surface area contributed by atoms with Crippen LogP contribution in [-0.4, -0.2) is 18.1 Å². The highest BCUT2D eigenvalue weighted by molar-refractivity contribution is 9.10. The zero-order valence-corrected chi connectivity index (χ0v) is 13.9. The Hall–Kier alpha value is -1.20. The average molecular weight is 355 g/mol. The lowest BCUT2D eigenvalue weighted by Crippen LogP contribution is -2.21. The van der Waals surface area contributed by atoms with Gasteiger partial charge in [-0.1, -0.05) is 19.9 Å². The molecular weight excluding hydrogens is 335 g/mol. The third-order valence-electron chi connectivity index (χ3n) is 3.06. The minimum absolute atomic E-state index is 0.314. The Labute approximate surface area is 133 Å². The van der Waals surface area contributed by atoms with E-state index in [-0.39, 0.29) is 5.82 Å². The van der Waals surface area contributed by atoms with Crippen molar-refractivity contribution in [1.82, 2.24) is 10.3 Å². The van der Waals surface area contributed by atoms with Crippen LogP contribution in [0.4, 0.5) is 4.39 Å². The Morgan fingerprint density at radius 1 is 1.38 bits per heavy atom. The molecule has 0 aliphatic heterocycles. The number of hydrogen-bond acceptors (Lipinski definition) is 3. The van der Waals surface area contributed by atoms with Gasteiger partial charge in [0.1, 0.15) is 5.82 Å². The molecule has 0 radical (unpaired) electrons. The van der Waals surface area contributed by atoms with Gasteiger partial charge in [-0.15, -0.1) is 0 Å². The van der Waals surface area contributed by atoms with Crippen LogP contribution in [0.5, 0.6) is 0 Å². The number of nitrogens with zero attached hydrogens (tertiary/aromatic N) is 1. The van der Waals surface area contributed by atoms with Gasteiger partial charge in [0.15, 0.2) is 11.7 Å². The largest absolute Gasteiger partial charge is 0.441 e. The van der Waals surface area contributed by atoms with E-state index in [1.54, 1.807) is 18.3 Å². The van der Waals surface area contributed by atoms with Crippen LogP contribution in [0.15, 0.2) is 33.3 Å². The standard InChI is InChI=1S/C16H20BrFN2O/c1-11(2)9-19-8-4-7-15-20-10-14(21-15)16-12(17)5-3-6-13(16)18/h3,5-6,10-11,19H,4,7-9H2,1-2H3. The first-order valence-corrected chi connectivity index (χ1v) is 7.97. The second-order valence-electron chi connectivity index (χ2n) is 5.42. The third kappa shape index (κ3) is 4.64. The van der Waals surface area contributed by atoms with Crippen LogP contribution < -0.4 is 5.32 Å². The van der Waals surface area contributed by atoms with Crippen LogP contribution in [0.25, 0.3) is 11.3 Å². The van der Waals surface area contributed by atoms with Crippen LogP contribution in [0, 0.1) is 11.7 Å². The third-order valence-corrected chi connectivity index (χ3v) is 3.72. The molecule has 1 N–H and O–H groups in total. The van der Waals surface area contributed by atoms with Gasteiger partial charge in [0, 0.05) is 10.9 Å². The Kier molecular flexibility index (Phi) is 5.94. The number of halogens is 2. The fourth-order valence-corrected chi connectivity index (χ4v) is 2.57. The first kappa shape index (κ1) is 16.2. The topological polar surface area (TPSA) is 38.1 Å². The van der Waals surface area contributed by atoms with Crippen molar-refractivity contribution in [2.24, 2.45) is 5.92 Å². The first-order valence-electron chi connectivity index (χ1n) is 7.17. The molecule has 0 fully saturated rings. The van der Waals surface area contributed by atoms with Crippen molar-refractivity contribution in [1.29, 1.82) is 0 Å². The van der Waals surface area contributed by atoms with Gasteiger partial charge in [0.05, 0.1) is 11.8 Å². The van der Waals surface area contributed by atoms with E-state index in [0.29, 0.717) is 27.6 Å². The molecule has 21 heavy (non-hydrogen) atoms. The molecular formula is C16H20BrFN2O. The van der Waals surface area contributed by atoms with E-state index in [1.165, 1.54) is 6.07 Å². The molecule has 0 aliphatic carbocycles. The van der Waals surface area contributed by atoms with Gasteiger partial charge in [-0.3, -0.25) is 0 Å². The van der Waals surface area contributed by atoms with Gasteiger partial charge < -0.3 is 9.73 Å². The number of oxazole rings is 1. The molecule has 1 aromatic carbocycles. The smallest absolute Gasteiger partial charge is 0.194 e. The summed E-state index contributed by atoms with van der Waals surface area (Å²) in [4.78, 5) is 4.23. The van der Waals surface area contributed by atoms with Gasteiger partial charge >= 0.3 is 0 Å². The highest BCUT2D eigenvalue weighted by atomic mass is 79.9. The van der Waals surface area contributed by atoms with Gasteiger partial charge in [-0.25, -0.2) is 9.37 Å². The van der Waals surface area contributed by atoms with E-state index in [4.69, 9.17) is 4.42 Å². The molecule has 2 rings (SSSR count). The van der Waals surface area contributed by atoms with Gasteiger partial charge in [-0.2, -0.15) is 0 Å². The molecule has 3 nitrogen and oxygen atoms in total. The van der Waals surface area contributed by atoms with Crippen molar-refractivity contribution in [3.8, 4) is 11.3 Å². The lowest BCUT2D eigenvalue weighted by Gasteiger charge is -2.05. The second-order valence-corrected chi connectivity index (χ2v) is 6.27. The van der Waals surface area contributed by atoms with Gasteiger partial charge in [0.25, 0.3) is 0 Å². The maximum absolute atomic E-state index is 13.8. The monoisotopic (exact) mass is 354 g/mol. The summed E-state index contributed by atoms with van der Waals surface area (Å²) in [5, 5.41) is 3.37. The summed E-state index contributed by atoms with van der Waals surface area (Å²) in [5.41, 5.74) is 0.425. The van der Waals surface area contributed by atoms with Crippen molar-refractivity contribution in [3.05, 3.63) is 40.6 Å². The SMILES string of the molecule is CC(C)CNCCCc1ncc(-c2c(F)cccc2Br)o1. The Morgan fingerprint density at radius 3 is 2.90 bits per heavy atom. The highest BCUT2D eigenvalue weighted by Gasteiger charge is 2.14. The Bertz CT molecular complexity index is 563. The number of aromatic nitrogens is 1. The summed E-state index contributed by atoms with van der Waals surface area (Å²) in [7, 11) is 0. The quantitative estimate of drug-likeness (QED) is 0.747. The number of hydrogen-bond donors (Lipinski definition) is 1. The molecule has 0 saturated heterocycles. The molecule has 0 atom stereocenters. The number of nitrogens with one attached hydrogen (secondary N) is 1. The van der Waals surface area contributed by atoms with E-state index < -0.39 is 0 Å². The second kappa shape index (κ2) is 7.71. The lowest BCUT2D eigenvalue weighted by atomic mass is 10.2. The van der Waals surface area contributed by atoms with Crippen LogP contribution in [0.3, 0.4) is 0 Å². The maximum atomic E-state index is 13.8. The summed E-state index contributed by atoms with van der Waals surface area (Å²) < 4.78 is 20.2. The van der Waals surface area contributed by atoms with Crippen molar-refractivity contribution < 1.29 is 8.81 Å². The van der Waals surface area contributed by atoms with Crippen LogP contribution in [0.2, 0.25) is 0 Å². The highest BCUT2D eigenvalue weighted by Crippen LogP contribution is 2.31. The molecule has 0 bridgehead atoms. The molecule has 5 heteroatoms. The zero-order chi connectivity index (χ0) is 15.2. The number of rotatable bonds is 7. The van der Waals surface area contributed by atoms with Gasteiger partial charge in [-0.05, 0) is 53.5 Å². The molecule has 0 spiro atoms.